The summed E-state index contributed by atoms with van der Waals surface area (Å²) in [5.74, 6) is -4.11. The predicted molar refractivity (Wildman–Crippen MR) is 173 cm³/mol. The van der Waals surface area contributed by atoms with Gasteiger partial charge in [0, 0.05) is 11.8 Å². The van der Waals surface area contributed by atoms with Crippen molar-refractivity contribution in [3.63, 3.8) is 0 Å². The minimum atomic E-state index is -4.39. The molecule has 262 valence electrons. The number of ether oxygens (including phenoxy) is 4. The zero-order valence-corrected chi connectivity index (χ0v) is 29.2. The fraction of sp³-hybridized carbons (Fsp3) is 0.529. The first-order valence-electron chi connectivity index (χ1n) is 15.5. The van der Waals surface area contributed by atoms with Crippen LogP contribution in [0.5, 0.6) is 5.75 Å². The van der Waals surface area contributed by atoms with Crippen molar-refractivity contribution in [1.29, 1.82) is 5.26 Å². The molecule has 48 heavy (non-hydrogen) atoms. The first kappa shape index (κ1) is 38.7. The van der Waals surface area contributed by atoms with Crippen LogP contribution in [0.3, 0.4) is 0 Å². The molecule has 0 amide bonds. The van der Waals surface area contributed by atoms with Crippen LogP contribution in [0.2, 0.25) is 0 Å². The molecule has 0 saturated carbocycles. The highest BCUT2D eigenvalue weighted by molar-refractivity contribution is 7.52. The number of hydrogen-bond acceptors (Lipinski definition) is 11. The summed E-state index contributed by atoms with van der Waals surface area (Å²) in [6.45, 7) is 10.3. The van der Waals surface area contributed by atoms with Crippen LogP contribution in [-0.2, 0) is 49.0 Å². The Kier molecular flexibility index (Phi) is 12.9. The van der Waals surface area contributed by atoms with E-state index in [1.165, 1.54) is 46.8 Å². The van der Waals surface area contributed by atoms with Gasteiger partial charge in [0.2, 0.25) is 6.79 Å². The van der Waals surface area contributed by atoms with Crippen LogP contribution >= 0.6 is 7.75 Å². The third-order valence-corrected chi connectivity index (χ3v) is 9.90. The van der Waals surface area contributed by atoms with E-state index < -0.39 is 72.9 Å². The Morgan fingerprint density at radius 3 is 2.19 bits per heavy atom. The molecule has 1 fully saturated rings. The molecule has 2 aromatic rings. The molecule has 0 radical (unpaired) electrons. The molecule has 14 heteroatoms. The highest BCUT2D eigenvalue weighted by Gasteiger charge is 2.57. The van der Waals surface area contributed by atoms with E-state index in [9.17, 15) is 29.3 Å². The molecular formula is C34H45N2O11P. The van der Waals surface area contributed by atoms with Crippen molar-refractivity contribution in [3.8, 4) is 11.8 Å². The van der Waals surface area contributed by atoms with Gasteiger partial charge in [-0.25, -0.2) is 9.09 Å². The second-order valence-corrected chi connectivity index (χ2v) is 15.0. The second kappa shape index (κ2) is 16.1. The number of carbonyl (C=O) groups excluding carboxylic acids is 2. The van der Waals surface area contributed by atoms with E-state index >= 15 is 0 Å². The molecule has 13 nitrogen and oxygen atoms in total. The molecule has 1 saturated heterocycles. The van der Waals surface area contributed by atoms with E-state index in [1.54, 1.807) is 32.0 Å². The number of carbonyl (C=O) groups is 3. The van der Waals surface area contributed by atoms with E-state index in [0.717, 1.165) is 5.56 Å². The summed E-state index contributed by atoms with van der Waals surface area (Å²) in [6, 6.07) is 18.4. The molecule has 1 heterocycles. The summed E-state index contributed by atoms with van der Waals surface area (Å²) in [7, 11) is -4.39. The van der Waals surface area contributed by atoms with Gasteiger partial charge in [0.15, 0.2) is 0 Å². The van der Waals surface area contributed by atoms with Crippen molar-refractivity contribution in [1.82, 2.24) is 5.09 Å². The van der Waals surface area contributed by atoms with E-state index in [4.69, 9.17) is 28.0 Å². The average molecular weight is 689 g/mol. The topological polar surface area (TPSA) is 180 Å². The second-order valence-electron chi connectivity index (χ2n) is 13.3. The van der Waals surface area contributed by atoms with Gasteiger partial charge in [-0.1, -0.05) is 48.5 Å². The summed E-state index contributed by atoms with van der Waals surface area (Å²) in [6.07, 6.45) is -1.06. The SMILES string of the molecule is C[C@H](NP(=O)(OCOC(=O)C(C)(C)C1C(C#N)OCC1C(C)(C)C(=O)O)Oc1ccccc1)C(=O)OCC(C)(C)OCc1ccccc1. The molecule has 1 aliphatic rings. The third kappa shape index (κ3) is 10.1. The molecule has 4 unspecified atom stereocenters. The quantitative estimate of drug-likeness (QED) is 0.121. The number of carboxylic acids is 1. The van der Waals surface area contributed by atoms with Crippen LogP contribution in [-0.4, -0.2) is 60.8 Å². The number of nitrogens with zero attached hydrogens (tertiary/aromatic N) is 1. The fourth-order valence-electron chi connectivity index (χ4n) is 5.18. The zero-order valence-electron chi connectivity index (χ0n) is 28.3. The number of para-hydroxylation sites is 1. The lowest BCUT2D eigenvalue weighted by Crippen LogP contribution is -2.47. The lowest BCUT2D eigenvalue weighted by atomic mass is 9.62. The Labute approximate surface area is 281 Å². The first-order chi connectivity index (χ1) is 22.4. The Morgan fingerprint density at radius 1 is 1.00 bits per heavy atom. The van der Waals surface area contributed by atoms with Crippen LogP contribution in [0.4, 0.5) is 0 Å². The van der Waals surface area contributed by atoms with E-state index in [-0.39, 0.29) is 19.0 Å². The van der Waals surface area contributed by atoms with Gasteiger partial charge < -0.3 is 28.6 Å². The summed E-state index contributed by atoms with van der Waals surface area (Å²) >= 11 is 0. The van der Waals surface area contributed by atoms with Crippen LogP contribution in [0, 0.1) is 34.0 Å². The smallest absolute Gasteiger partial charge is 0.462 e. The molecule has 1 aliphatic heterocycles. The Balaban J connectivity index is 1.67. The van der Waals surface area contributed by atoms with Gasteiger partial charge in [0.25, 0.3) is 0 Å². The Bertz CT molecular complexity index is 1490. The maximum atomic E-state index is 13.9. The monoisotopic (exact) mass is 688 g/mol. The third-order valence-electron chi connectivity index (χ3n) is 8.30. The molecular weight excluding hydrogens is 643 g/mol. The standard InChI is InChI=1S/C34H45N2O11P/c1-23(29(37)43-21-32(2,3)45-19-24-14-10-8-11-15-24)36-48(41,47-25-16-12-9-13-17-25)46-22-44-31(40)34(6,7)28-26(20-42-27(28)18-35)33(4,5)30(38)39/h8-17,23,26-28H,19-22H2,1-7H3,(H,36,41)(H,38,39)/t23-,26?,27?,28?,48?/m0/s1. The molecule has 0 bridgehead atoms. The average Bonchev–Trinajstić information content (AvgIpc) is 3.50. The normalized spacial score (nSPS) is 20.2. The molecule has 0 aliphatic carbocycles. The molecule has 0 spiro atoms. The van der Waals surface area contributed by atoms with Crippen molar-refractivity contribution in [2.75, 3.05) is 20.0 Å². The number of aliphatic carboxylic acids is 1. The maximum absolute atomic E-state index is 13.9. The van der Waals surface area contributed by atoms with Gasteiger partial charge in [-0.2, -0.15) is 10.3 Å². The minimum absolute atomic E-state index is 0.0379. The largest absolute Gasteiger partial charge is 0.481 e. The highest BCUT2D eigenvalue weighted by Crippen LogP contribution is 2.49. The van der Waals surface area contributed by atoms with Gasteiger partial charge in [-0.05, 0) is 66.2 Å². The van der Waals surface area contributed by atoms with Crippen LogP contribution in [0.15, 0.2) is 60.7 Å². The van der Waals surface area contributed by atoms with Gasteiger partial charge >= 0.3 is 25.7 Å². The van der Waals surface area contributed by atoms with E-state index in [1.807, 2.05) is 36.4 Å². The minimum Gasteiger partial charge on any atom is -0.481 e. The van der Waals surface area contributed by atoms with Gasteiger partial charge in [0.1, 0.15) is 24.5 Å². The number of esters is 2. The summed E-state index contributed by atoms with van der Waals surface area (Å²) in [5.41, 5.74) is -2.61. The van der Waals surface area contributed by atoms with Crippen LogP contribution < -0.4 is 9.61 Å². The molecule has 5 atom stereocenters. The molecule has 2 aromatic carbocycles. The fourth-order valence-corrected chi connectivity index (χ4v) is 6.53. The zero-order chi connectivity index (χ0) is 35.8. The van der Waals surface area contributed by atoms with Crippen molar-refractivity contribution < 1.29 is 52.1 Å². The summed E-state index contributed by atoms with van der Waals surface area (Å²) in [4.78, 5) is 38.4. The van der Waals surface area contributed by atoms with Gasteiger partial charge in [-0.3, -0.25) is 14.4 Å². The van der Waals surface area contributed by atoms with Crippen LogP contribution in [0.25, 0.3) is 0 Å². The van der Waals surface area contributed by atoms with E-state index in [2.05, 4.69) is 5.09 Å². The van der Waals surface area contributed by atoms with Crippen molar-refractivity contribution in [2.45, 2.75) is 72.8 Å². The lowest BCUT2D eigenvalue weighted by Gasteiger charge is -2.38. The number of nitrogens with one attached hydrogen (secondary N) is 1. The predicted octanol–water partition coefficient (Wildman–Crippen LogP) is 5.50. The number of carboxylic acid groups (broad SMARTS) is 1. The Morgan fingerprint density at radius 2 is 1.60 bits per heavy atom. The highest BCUT2D eigenvalue weighted by atomic mass is 31.2. The number of nitriles is 1. The molecule has 2 N–H and O–H groups in total. The van der Waals surface area contributed by atoms with Crippen molar-refractivity contribution in [3.05, 3.63) is 66.2 Å². The number of hydrogen-bond donors (Lipinski definition) is 2. The van der Waals surface area contributed by atoms with Crippen molar-refractivity contribution >= 4 is 25.7 Å². The van der Waals surface area contributed by atoms with Gasteiger partial charge in [0.05, 0.1) is 35.7 Å². The van der Waals surface area contributed by atoms with Gasteiger partial charge in [-0.15, -0.1) is 0 Å². The number of rotatable bonds is 17. The summed E-state index contributed by atoms with van der Waals surface area (Å²) < 4.78 is 47.3. The molecule has 3 rings (SSSR count). The Hall–Kier alpha value is -3.79. The lowest BCUT2D eigenvalue weighted by molar-refractivity contribution is -0.169. The maximum Gasteiger partial charge on any atom is 0.462 e. The molecule has 0 aromatic heterocycles. The van der Waals surface area contributed by atoms with Crippen molar-refractivity contribution in [2.24, 2.45) is 22.7 Å². The first-order valence-corrected chi connectivity index (χ1v) is 17.0. The van der Waals surface area contributed by atoms with E-state index in [0.29, 0.717) is 6.61 Å². The summed E-state index contributed by atoms with van der Waals surface area (Å²) in [5, 5.41) is 22.1. The number of benzene rings is 2. The van der Waals surface area contributed by atoms with Crippen LogP contribution in [0.1, 0.15) is 54.0 Å².